The van der Waals surface area contributed by atoms with Gasteiger partial charge in [-0.1, -0.05) is 0 Å². The summed E-state index contributed by atoms with van der Waals surface area (Å²) in [5.41, 5.74) is -1.99. The Labute approximate surface area is 91.9 Å². The molecule has 1 amide bonds. The van der Waals surface area contributed by atoms with Gasteiger partial charge in [0.05, 0.1) is 6.54 Å². The number of carboxylic acid groups (broad SMARTS) is 1. The second-order valence-electron chi connectivity index (χ2n) is 3.67. The zero-order chi connectivity index (χ0) is 12.3. The van der Waals surface area contributed by atoms with Gasteiger partial charge in [-0.25, -0.2) is 4.79 Å². The third-order valence-electron chi connectivity index (χ3n) is 2.02. The van der Waals surface area contributed by atoms with E-state index in [-0.39, 0.29) is 12.3 Å². The van der Waals surface area contributed by atoms with Crippen molar-refractivity contribution in [2.24, 2.45) is 0 Å². The van der Waals surface area contributed by atoms with Crippen LogP contribution in [0.15, 0.2) is 16.5 Å². The highest BCUT2D eigenvalue weighted by molar-refractivity contribution is 5.92. The van der Waals surface area contributed by atoms with Crippen molar-refractivity contribution < 1.29 is 24.2 Å². The van der Waals surface area contributed by atoms with Gasteiger partial charge in [0.2, 0.25) is 0 Å². The lowest BCUT2D eigenvalue weighted by atomic mass is 10.1. The molecule has 1 rings (SSSR count). The number of hydrogen-bond donors (Lipinski definition) is 3. The molecule has 0 saturated carbocycles. The number of carbonyl (C=O) groups excluding carboxylic acids is 1. The van der Waals surface area contributed by atoms with Crippen LogP contribution in [0.4, 0.5) is 0 Å². The van der Waals surface area contributed by atoms with E-state index in [1.807, 2.05) is 0 Å². The lowest BCUT2D eigenvalue weighted by molar-refractivity contribution is -0.155. The molecule has 0 aliphatic heterocycles. The molecule has 6 heteroatoms. The van der Waals surface area contributed by atoms with Crippen LogP contribution in [0.2, 0.25) is 0 Å². The molecular weight excluding hydrogens is 214 g/mol. The summed E-state index contributed by atoms with van der Waals surface area (Å²) < 4.78 is 5.03. The monoisotopic (exact) mass is 227 g/mol. The van der Waals surface area contributed by atoms with Gasteiger partial charge in [-0.15, -0.1) is 0 Å². The van der Waals surface area contributed by atoms with Gasteiger partial charge in [0.15, 0.2) is 11.4 Å². The smallest absolute Gasteiger partial charge is 0.337 e. The zero-order valence-corrected chi connectivity index (χ0v) is 8.98. The molecule has 0 bridgehead atoms. The molecule has 0 aliphatic rings. The minimum Gasteiger partial charge on any atom is -0.479 e. The van der Waals surface area contributed by atoms with Crippen LogP contribution in [0.25, 0.3) is 0 Å². The van der Waals surface area contributed by atoms with Crippen molar-refractivity contribution in [2.45, 2.75) is 19.4 Å². The molecule has 1 aromatic heterocycles. The highest BCUT2D eigenvalue weighted by Crippen LogP contribution is 2.07. The van der Waals surface area contributed by atoms with E-state index in [1.54, 1.807) is 13.0 Å². The van der Waals surface area contributed by atoms with Crippen LogP contribution in [0.5, 0.6) is 0 Å². The number of aliphatic hydroxyl groups is 1. The Morgan fingerprint density at radius 3 is 2.56 bits per heavy atom. The van der Waals surface area contributed by atoms with Crippen LogP contribution < -0.4 is 5.32 Å². The summed E-state index contributed by atoms with van der Waals surface area (Å²) in [6.45, 7) is 2.40. The number of carbonyl (C=O) groups is 2. The fourth-order valence-electron chi connectivity index (χ4n) is 0.972. The predicted octanol–water partition coefficient (Wildman–Crippen LogP) is 0.153. The van der Waals surface area contributed by atoms with Crippen molar-refractivity contribution in [1.82, 2.24) is 5.32 Å². The Hall–Kier alpha value is -1.82. The van der Waals surface area contributed by atoms with Crippen LogP contribution >= 0.6 is 0 Å². The van der Waals surface area contributed by atoms with Crippen LogP contribution in [-0.4, -0.2) is 34.2 Å². The van der Waals surface area contributed by atoms with Crippen LogP contribution in [0.3, 0.4) is 0 Å². The summed E-state index contributed by atoms with van der Waals surface area (Å²) in [6.07, 6.45) is 0. The Kier molecular flexibility index (Phi) is 3.34. The number of aryl methyl sites for hydroxylation is 1. The largest absolute Gasteiger partial charge is 0.479 e. The first-order valence-corrected chi connectivity index (χ1v) is 4.63. The molecule has 0 aromatic carbocycles. The summed E-state index contributed by atoms with van der Waals surface area (Å²) in [7, 11) is 0. The summed E-state index contributed by atoms with van der Waals surface area (Å²) in [5.74, 6) is -1.30. The lowest BCUT2D eigenvalue weighted by Gasteiger charge is -2.17. The number of aliphatic carboxylic acids is 1. The van der Waals surface area contributed by atoms with Gasteiger partial charge in [0.25, 0.3) is 5.91 Å². The maximum Gasteiger partial charge on any atom is 0.337 e. The van der Waals surface area contributed by atoms with E-state index in [9.17, 15) is 14.7 Å². The number of amides is 1. The number of rotatable bonds is 4. The first kappa shape index (κ1) is 12.3. The van der Waals surface area contributed by atoms with Crippen LogP contribution in [0.1, 0.15) is 23.2 Å². The van der Waals surface area contributed by atoms with Crippen molar-refractivity contribution in [3.05, 3.63) is 23.7 Å². The molecule has 88 valence electrons. The summed E-state index contributed by atoms with van der Waals surface area (Å²) in [5, 5.41) is 20.2. The van der Waals surface area contributed by atoms with Crippen molar-refractivity contribution in [2.75, 3.05) is 6.54 Å². The molecular formula is C10H13NO5. The van der Waals surface area contributed by atoms with E-state index in [4.69, 9.17) is 9.52 Å². The van der Waals surface area contributed by atoms with E-state index >= 15 is 0 Å². The van der Waals surface area contributed by atoms with Gasteiger partial charge in [-0.05, 0) is 26.0 Å². The Balaban J connectivity index is 2.57. The molecule has 0 aliphatic carbocycles. The van der Waals surface area contributed by atoms with Gasteiger partial charge < -0.3 is 19.9 Å². The predicted molar refractivity (Wildman–Crippen MR) is 54.0 cm³/mol. The Morgan fingerprint density at radius 2 is 2.12 bits per heavy atom. The van der Waals surface area contributed by atoms with Crippen LogP contribution in [-0.2, 0) is 4.79 Å². The average molecular weight is 227 g/mol. The molecule has 0 spiro atoms. The quantitative estimate of drug-likeness (QED) is 0.680. The number of furan rings is 1. The first-order valence-electron chi connectivity index (χ1n) is 4.63. The standard InChI is InChI=1S/C10H13NO5/c1-6-3-4-7(16-6)8(12)11-5-10(2,15)9(13)14/h3-4,15H,5H2,1-2H3,(H,11,12)(H,13,14). The van der Waals surface area contributed by atoms with Crippen molar-refractivity contribution in [3.8, 4) is 0 Å². The first-order chi connectivity index (χ1) is 7.33. The second kappa shape index (κ2) is 4.36. The third-order valence-corrected chi connectivity index (χ3v) is 2.02. The Bertz CT molecular complexity index is 407. The van der Waals surface area contributed by atoms with Gasteiger partial charge in [-0.3, -0.25) is 4.79 Å². The number of nitrogens with one attached hydrogen (secondary N) is 1. The summed E-state index contributed by atoms with van der Waals surface area (Å²) >= 11 is 0. The summed E-state index contributed by atoms with van der Waals surface area (Å²) in [6, 6.07) is 3.09. The van der Waals surface area contributed by atoms with Gasteiger partial charge >= 0.3 is 5.97 Å². The van der Waals surface area contributed by atoms with Crippen LogP contribution in [0, 0.1) is 6.92 Å². The maximum absolute atomic E-state index is 11.4. The molecule has 3 N–H and O–H groups in total. The molecule has 1 heterocycles. The molecule has 0 fully saturated rings. The minimum atomic E-state index is -1.99. The molecule has 16 heavy (non-hydrogen) atoms. The molecule has 1 atom stereocenters. The SMILES string of the molecule is Cc1ccc(C(=O)NCC(C)(O)C(=O)O)o1. The second-order valence-corrected chi connectivity index (χ2v) is 3.67. The summed E-state index contributed by atoms with van der Waals surface area (Å²) in [4.78, 5) is 22.0. The Morgan fingerprint density at radius 1 is 1.50 bits per heavy atom. The van der Waals surface area contributed by atoms with E-state index < -0.39 is 17.5 Å². The lowest BCUT2D eigenvalue weighted by Crippen LogP contribution is -2.46. The minimum absolute atomic E-state index is 0.0821. The van der Waals surface area contributed by atoms with Gasteiger partial charge in [0.1, 0.15) is 5.76 Å². The van der Waals surface area contributed by atoms with Crippen molar-refractivity contribution in [1.29, 1.82) is 0 Å². The maximum atomic E-state index is 11.4. The zero-order valence-electron chi connectivity index (χ0n) is 8.98. The molecule has 6 nitrogen and oxygen atoms in total. The van der Waals surface area contributed by atoms with E-state index in [1.165, 1.54) is 6.07 Å². The van der Waals surface area contributed by atoms with Crippen molar-refractivity contribution in [3.63, 3.8) is 0 Å². The van der Waals surface area contributed by atoms with E-state index in [0.717, 1.165) is 6.92 Å². The normalized spacial score (nSPS) is 14.2. The third kappa shape index (κ3) is 2.83. The molecule has 1 aromatic rings. The van der Waals surface area contributed by atoms with Gasteiger partial charge in [0, 0.05) is 0 Å². The average Bonchev–Trinajstić information content (AvgIpc) is 2.61. The fraction of sp³-hybridized carbons (Fsp3) is 0.400. The van der Waals surface area contributed by atoms with E-state index in [0.29, 0.717) is 5.76 Å². The van der Waals surface area contributed by atoms with E-state index in [2.05, 4.69) is 5.32 Å². The number of carboxylic acids is 1. The van der Waals surface area contributed by atoms with Gasteiger partial charge in [-0.2, -0.15) is 0 Å². The molecule has 0 radical (unpaired) electrons. The molecule has 1 unspecified atom stereocenters. The van der Waals surface area contributed by atoms with Crippen molar-refractivity contribution >= 4 is 11.9 Å². The fourth-order valence-corrected chi connectivity index (χ4v) is 0.972. The molecule has 0 saturated heterocycles. The highest BCUT2D eigenvalue weighted by Gasteiger charge is 2.30. The topological polar surface area (TPSA) is 99.8 Å². The number of hydrogen-bond acceptors (Lipinski definition) is 4. The highest BCUT2D eigenvalue weighted by atomic mass is 16.4.